The van der Waals surface area contributed by atoms with Crippen molar-refractivity contribution in [3.8, 4) is 0 Å². The predicted molar refractivity (Wildman–Crippen MR) is 411 cm³/mol. The van der Waals surface area contributed by atoms with Crippen LogP contribution < -0.4 is 11.4 Å². The number of rotatable bonds is 0. The van der Waals surface area contributed by atoms with Crippen LogP contribution in [-0.4, -0.2) is 378 Å². The van der Waals surface area contributed by atoms with Crippen LogP contribution >= 0.6 is 11.9 Å². The molecule has 0 spiro atoms. The van der Waals surface area contributed by atoms with Crippen molar-refractivity contribution < 1.29 is 38.3 Å². The third-order valence-corrected chi connectivity index (χ3v) is 17.8. The molecule has 101 heavy (non-hydrogen) atoms. The van der Waals surface area contributed by atoms with Crippen LogP contribution in [-0.2, 0) is 49.9 Å². The van der Waals surface area contributed by atoms with Crippen LogP contribution in [0.25, 0.3) is 0 Å². The Balaban J connectivity index is -0.000000245. The maximum atomic E-state index is 11.3. The summed E-state index contributed by atoms with van der Waals surface area (Å²) in [5, 5.41) is 31.2. The second-order valence-electron chi connectivity index (χ2n) is 24.5. The Kier molecular flexibility index (Phi) is 55.2. The minimum Gasteiger partial charge on any atom is -0.348 e. The molecule has 9 aliphatic rings. The highest BCUT2D eigenvalue weighted by Gasteiger charge is 2.49. The summed E-state index contributed by atoms with van der Waals surface area (Å²) in [7, 11) is 44.2. The number of hydrogen-bond donors (Lipinski definition) is 0. The highest BCUT2D eigenvalue weighted by Crippen LogP contribution is 2.36. The van der Waals surface area contributed by atoms with Gasteiger partial charge in [-0.05, 0) is 67.0 Å². The van der Waals surface area contributed by atoms with Gasteiger partial charge in [0.05, 0.1) is 20.0 Å². The molecule has 0 aromatic carbocycles. The lowest BCUT2D eigenvalue weighted by molar-refractivity contribution is -0.141. The molecule has 0 radical (unpaired) electrons. The second kappa shape index (κ2) is 52.4. The summed E-state index contributed by atoms with van der Waals surface area (Å²) in [5.41, 5.74) is -1.67. The fourth-order valence-electron chi connectivity index (χ4n) is 8.76. The molecule has 35 heteroatoms. The van der Waals surface area contributed by atoms with Gasteiger partial charge in [-0.15, -0.1) is 0 Å². The molecule has 9 fully saturated rings. The van der Waals surface area contributed by atoms with Crippen molar-refractivity contribution in [2.24, 2.45) is 26.6 Å². The van der Waals surface area contributed by atoms with Gasteiger partial charge >= 0.3 is 23.4 Å². The van der Waals surface area contributed by atoms with Crippen LogP contribution in [0.3, 0.4) is 0 Å². The summed E-state index contributed by atoms with van der Waals surface area (Å²) in [4.78, 5) is 105. The first-order valence-corrected chi connectivity index (χ1v) is 35.9. The van der Waals surface area contributed by atoms with Crippen LogP contribution in [0.2, 0.25) is 0 Å². The Bertz CT molecular complexity index is 2500. The van der Waals surface area contributed by atoms with Gasteiger partial charge < -0.3 is 14.5 Å². The van der Waals surface area contributed by atoms with Crippen molar-refractivity contribution in [2.45, 2.75) is 154 Å². The van der Waals surface area contributed by atoms with Crippen molar-refractivity contribution in [2.75, 3.05) is 208 Å². The lowest BCUT2D eigenvalue weighted by Gasteiger charge is -2.32. The summed E-state index contributed by atoms with van der Waals surface area (Å²) in [6, 6.07) is 0.0926. The predicted octanol–water partition coefficient (Wildman–Crippen LogP) is 4.42. The van der Waals surface area contributed by atoms with E-state index in [9.17, 15) is 43.2 Å². The van der Waals surface area contributed by atoms with Gasteiger partial charge in [0.25, 0.3) is 17.7 Å². The summed E-state index contributed by atoms with van der Waals surface area (Å²) >= 11 is 1.55. The largest absolute Gasteiger partial charge is 0.348 e. The van der Waals surface area contributed by atoms with E-state index in [2.05, 4.69) is 60.2 Å². The average molecular weight is 1470 g/mol. The fraction of sp³-hybridized carbons (Fsp3) is 0.864. The molecule has 9 amide bonds. The Morgan fingerprint density at radius 1 is 0.347 bits per heavy atom. The fourth-order valence-corrected chi connectivity index (χ4v) is 9.83. The molecule has 9 saturated heterocycles. The van der Waals surface area contributed by atoms with E-state index >= 15 is 0 Å². The molecule has 10 heterocycles. The van der Waals surface area contributed by atoms with Crippen LogP contribution in [0.5, 0.6) is 0 Å². The molecule has 0 aliphatic carbocycles. The lowest BCUT2D eigenvalue weighted by Crippen LogP contribution is -2.46. The Labute approximate surface area is 617 Å². The third-order valence-electron chi connectivity index (χ3n) is 16.6. The minimum absolute atomic E-state index is 0.0394. The zero-order chi connectivity index (χ0) is 81.5. The van der Waals surface area contributed by atoms with E-state index in [1.807, 2.05) is 202 Å². The summed E-state index contributed by atoms with van der Waals surface area (Å²) in [5.74, 6) is 0.301. The molecule has 1 aromatic heterocycles. The third kappa shape index (κ3) is 33.4. The van der Waals surface area contributed by atoms with Gasteiger partial charge in [-0.3, -0.25) is 63.9 Å². The van der Waals surface area contributed by atoms with E-state index in [1.54, 1.807) is 131 Å². The quantitative estimate of drug-likeness (QED) is 0.258. The van der Waals surface area contributed by atoms with Crippen LogP contribution in [0, 0.1) is 5.41 Å². The van der Waals surface area contributed by atoms with Gasteiger partial charge in [0, 0.05) is 201 Å². The van der Waals surface area contributed by atoms with Gasteiger partial charge in [0.1, 0.15) is 29.3 Å². The number of amides is 9. The number of carbonyl (C=O) groups is 7. The van der Waals surface area contributed by atoms with E-state index in [1.165, 1.54) is 45.9 Å². The Hall–Kier alpha value is -5.54. The normalized spacial score (nSPS) is 20.6. The number of hydrazine groups is 9. The molecule has 0 N–H and O–H groups in total. The van der Waals surface area contributed by atoms with E-state index in [4.69, 9.17) is 4.74 Å². The number of carbonyl (C=O) groups excluding carboxylic acids is 7. The monoisotopic (exact) mass is 1470 g/mol. The molecular formula is C66H150N24O10S. The van der Waals surface area contributed by atoms with E-state index in [0.717, 1.165) is 44.5 Å². The SMILES string of the molecule is CC.CC.CC.CC.CC.CC.CN1C(=O)C(C)(C)C(=O)N1C.CN1C(=O)N(C)C(C)(C)N1C.CN1CCC(=O)N1C.CN1CCC(=O)N1C.CN1CCCN1C.CN1CN(C)N(C)C1.CN1CN(C)N(C)C1=O.CN1COCN1C.CN1SC(C)(C)C(=O)N1C.Cn1c(=O)n(C)n(C)c1=O. The molecule has 0 bridgehead atoms. The molecule has 10 rings (SSSR count). The average Bonchev–Trinajstić information content (AvgIpc) is 1.64. The first-order valence-electron chi connectivity index (χ1n) is 35.1. The van der Waals surface area contributed by atoms with Gasteiger partial charge in [-0.1, -0.05) is 83.1 Å². The molecule has 600 valence electrons. The number of ether oxygens (including phenoxy) is 1. The van der Waals surface area contributed by atoms with Crippen LogP contribution in [0.4, 0.5) is 9.59 Å². The number of hydrogen-bond acceptors (Lipinski definition) is 23. The topological polar surface area (TPSA) is 246 Å². The summed E-state index contributed by atoms with van der Waals surface area (Å²) < 4.78 is 10.2. The standard InChI is InChI=1S/C7H15N3O.C7H12N2O2.C6H12N2OS.C5H9N3O2.C5H11N3O.C5H13N3.2C5H10N2O.C5H12N2.C4H10N2O.6C2H6/c1-7(2)8(3)6(11)9(4)10(7)5;1-7(2)5(10)8(3)9(4)6(7)11;1-6(2)5(9)7(3)8(4)10-6;1-6-4(9)7(2)8(3)5(6)10;1-6-4-7(2)8(3)5(6)9;1-6-4-7(2)8(3)5-6;2*1-6-4-3-5(8)7(6)2;1-6-4-3-5-7(6)2;1-5-3-7-4-6(5)2;6*1-2/h1-5H3;1-4H3;1-4H3;1-3H3;4H2,1-3H3;4-5H2,1-3H3;2*3-4H2,1-2H3;3-5H2,1-2H3;3-4H2,1-2H3;6*1-2H3. The van der Waals surface area contributed by atoms with Crippen molar-refractivity contribution >= 4 is 53.5 Å². The molecular weight excluding hydrogens is 1320 g/mol. The maximum Gasteiger partial charge on any atom is 0.346 e. The molecule has 34 nitrogen and oxygen atoms in total. The Morgan fingerprint density at radius 2 is 0.693 bits per heavy atom. The molecule has 0 unspecified atom stereocenters. The molecule has 0 saturated carbocycles. The van der Waals surface area contributed by atoms with Crippen LogP contribution in [0.15, 0.2) is 9.59 Å². The highest BCUT2D eigenvalue weighted by atomic mass is 32.2. The van der Waals surface area contributed by atoms with Crippen molar-refractivity contribution in [3.63, 3.8) is 0 Å². The molecule has 9 aliphatic heterocycles. The highest BCUT2D eigenvalue weighted by molar-refractivity contribution is 7.99. The van der Waals surface area contributed by atoms with E-state index < -0.39 is 5.41 Å². The van der Waals surface area contributed by atoms with Gasteiger partial charge in [-0.2, -0.15) is 9.42 Å². The van der Waals surface area contributed by atoms with Crippen molar-refractivity contribution in [1.29, 1.82) is 0 Å². The van der Waals surface area contributed by atoms with Crippen LogP contribution in [0.1, 0.15) is 144 Å². The van der Waals surface area contributed by atoms with Gasteiger partial charge in [0.2, 0.25) is 11.8 Å². The summed E-state index contributed by atoms with van der Waals surface area (Å²) in [6.07, 6.45) is 2.67. The zero-order valence-electron chi connectivity index (χ0n) is 71.7. The van der Waals surface area contributed by atoms with Gasteiger partial charge in [-0.25, -0.2) is 78.2 Å². The summed E-state index contributed by atoms with van der Waals surface area (Å²) in [6.45, 7) is 43.6. The smallest absolute Gasteiger partial charge is 0.346 e. The van der Waals surface area contributed by atoms with Crippen molar-refractivity contribution in [3.05, 3.63) is 21.0 Å². The molecule has 1 aromatic rings. The Morgan fingerprint density at radius 3 is 0.782 bits per heavy atom. The van der Waals surface area contributed by atoms with Crippen molar-refractivity contribution in [1.82, 2.24) is 118 Å². The first-order chi connectivity index (χ1) is 46.6. The number of aromatic nitrogens is 3. The number of nitrogens with zero attached hydrogens (tertiary/aromatic N) is 24. The van der Waals surface area contributed by atoms with Gasteiger partial charge in [0.15, 0.2) is 0 Å². The molecule has 0 atom stereocenters. The minimum atomic E-state index is -0.872. The van der Waals surface area contributed by atoms with E-state index in [-0.39, 0.29) is 63.4 Å². The maximum absolute atomic E-state index is 11.3. The lowest BCUT2D eigenvalue weighted by atomic mass is 9.93. The number of urea groups is 2. The zero-order valence-corrected chi connectivity index (χ0v) is 72.5. The van der Waals surface area contributed by atoms with E-state index in [0.29, 0.717) is 19.5 Å². The first kappa shape index (κ1) is 106. The second-order valence-corrected chi connectivity index (χ2v) is 26.2.